The number of halogens is 2. The van der Waals surface area contributed by atoms with Gasteiger partial charge >= 0.3 is 0 Å². The minimum Gasteiger partial charge on any atom is -0.429 e. The van der Waals surface area contributed by atoms with Gasteiger partial charge in [0, 0.05) is 21.2 Å². The highest BCUT2D eigenvalue weighted by Gasteiger charge is 2.17. The number of hydrogen-bond acceptors (Lipinski definition) is 5. The molecule has 4 aromatic carbocycles. The van der Waals surface area contributed by atoms with Crippen LogP contribution >= 0.6 is 45.9 Å². The van der Waals surface area contributed by atoms with E-state index in [1.807, 2.05) is 84.9 Å². The standard InChI is InChI=1S/C30H18Cl2N2OS2/c31-23-15-11-19(12-16-23)25-27(21-7-3-1-4-8-21)36-29(33-25)34-30-35-26(20-13-17-24(32)18-14-20)28(37-30)22-9-5-2-6-10-22/h1-18H/b34-30-. The first kappa shape index (κ1) is 23.9. The predicted molar refractivity (Wildman–Crippen MR) is 156 cm³/mol. The molecule has 3 nitrogen and oxygen atoms in total. The molecule has 0 aliphatic rings. The van der Waals surface area contributed by atoms with E-state index in [4.69, 9.17) is 37.6 Å². The molecule has 6 aromatic rings. The molecule has 180 valence electrons. The van der Waals surface area contributed by atoms with Gasteiger partial charge in [-0.2, -0.15) is 4.99 Å². The molecule has 0 saturated heterocycles. The number of hydrogen-bond donors (Lipinski definition) is 0. The van der Waals surface area contributed by atoms with Crippen molar-refractivity contribution < 1.29 is 4.42 Å². The van der Waals surface area contributed by atoms with Crippen LogP contribution in [-0.2, 0) is 0 Å². The number of nitrogens with zero attached hydrogens (tertiary/aromatic N) is 2. The zero-order valence-corrected chi connectivity index (χ0v) is 22.4. The Morgan fingerprint density at radius 1 is 0.568 bits per heavy atom. The van der Waals surface area contributed by atoms with Gasteiger partial charge in [-0.15, -0.1) is 0 Å². The van der Waals surface area contributed by atoms with Crippen molar-refractivity contribution >= 4 is 51.0 Å². The van der Waals surface area contributed by atoms with Gasteiger partial charge in [0.05, 0.1) is 15.4 Å². The molecule has 6 rings (SSSR count). The lowest BCUT2D eigenvalue weighted by molar-refractivity contribution is 0.539. The molecule has 0 fully saturated rings. The molecule has 0 aliphatic heterocycles. The molecule has 2 heterocycles. The molecule has 37 heavy (non-hydrogen) atoms. The highest BCUT2D eigenvalue weighted by Crippen LogP contribution is 2.41. The van der Waals surface area contributed by atoms with Gasteiger partial charge < -0.3 is 4.42 Å². The largest absolute Gasteiger partial charge is 0.429 e. The molecule has 7 heteroatoms. The molecular weight excluding hydrogens is 539 g/mol. The SMILES string of the molecule is Clc1ccc(-c2nc(/N=c3/oc(-c4ccc(Cl)cc4)c(-c4ccccc4)s3)sc2-c2ccccc2)cc1. The maximum atomic E-state index is 6.33. The topological polar surface area (TPSA) is 38.4 Å². The van der Waals surface area contributed by atoms with E-state index >= 15 is 0 Å². The Hall–Kier alpha value is -3.48. The third-order valence-corrected chi connectivity index (χ3v) is 8.16. The average molecular weight is 558 g/mol. The van der Waals surface area contributed by atoms with Crippen molar-refractivity contribution in [1.29, 1.82) is 0 Å². The summed E-state index contributed by atoms with van der Waals surface area (Å²) in [5.74, 6) is 0.754. The Kier molecular flexibility index (Phi) is 6.77. The quantitative estimate of drug-likeness (QED) is 0.212. The Morgan fingerprint density at radius 2 is 1.11 bits per heavy atom. The van der Waals surface area contributed by atoms with E-state index in [0.717, 1.165) is 43.5 Å². The minimum atomic E-state index is 0.528. The highest BCUT2D eigenvalue weighted by atomic mass is 35.5. The normalized spacial score (nSPS) is 11.7. The molecular formula is C30H18Cl2N2OS2. The molecule has 0 saturated carbocycles. The lowest BCUT2D eigenvalue weighted by Crippen LogP contribution is -1.88. The average Bonchev–Trinajstić information content (AvgIpc) is 3.55. The molecule has 0 aliphatic carbocycles. The molecule has 0 amide bonds. The second-order valence-corrected chi connectivity index (χ2v) is 11.0. The summed E-state index contributed by atoms with van der Waals surface area (Å²) in [5.41, 5.74) is 4.93. The summed E-state index contributed by atoms with van der Waals surface area (Å²) in [7, 11) is 0. The maximum Gasteiger partial charge on any atom is 0.282 e. The zero-order valence-electron chi connectivity index (χ0n) is 19.3. The second kappa shape index (κ2) is 10.5. The van der Waals surface area contributed by atoms with Crippen LogP contribution in [0.15, 0.2) is 119 Å². The molecule has 0 radical (unpaired) electrons. The zero-order chi connectivity index (χ0) is 25.2. The summed E-state index contributed by atoms with van der Waals surface area (Å²) in [5, 5.41) is 1.98. The summed E-state index contributed by atoms with van der Waals surface area (Å²) in [6.07, 6.45) is 0. The van der Waals surface area contributed by atoms with Gasteiger partial charge in [0.15, 0.2) is 5.76 Å². The van der Waals surface area contributed by atoms with Crippen LogP contribution < -0.4 is 4.87 Å². The smallest absolute Gasteiger partial charge is 0.282 e. The summed E-state index contributed by atoms with van der Waals surface area (Å²) in [6, 6.07) is 35.7. The van der Waals surface area contributed by atoms with Crippen LogP contribution in [0.4, 0.5) is 5.13 Å². The fourth-order valence-electron chi connectivity index (χ4n) is 3.93. The van der Waals surface area contributed by atoms with E-state index in [2.05, 4.69) is 24.3 Å². The number of benzene rings is 4. The van der Waals surface area contributed by atoms with E-state index < -0.39 is 0 Å². The number of thiazole rings is 1. The molecule has 0 unspecified atom stereocenters. The van der Waals surface area contributed by atoms with Crippen LogP contribution in [0.1, 0.15) is 0 Å². The number of rotatable bonds is 5. The molecule has 0 atom stereocenters. The van der Waals surface area contributed by atoms with Crippen LogP contribution in [0.5, 0.6) is 0 Å². The van der Waals surface area contributed by atoms with Gasteiger partial charge in [0.25, 0.3) is 4.87 Å². The molecule has 2 aromatic heterocycles. The van der Waals surface area contributed by atoms with E-state index in [1.165, 1.54) is 22.7 Å². The van der Waals surface area contributed by atoms with Crippen molar-refractivity contribution in [3.8, 4) is 43.5 Å². The fourth-order valence-corrected chi connectivity index (χ4v) is 6.14. The summed E-state index contributed by atoms with van der Waals surface area (Å²) < 4.78 is 6.33. The van der Waals surface area contributed by atoms with Crippen molar-refractivity contribution in [2.75, 3.05) is 0 Å². The third-order valence-electron chi connectivity index (χ3n) is 5.68. The van der Waals surface area contributed by atoms with Gasteiger partial charge in [-0.05, 0) is 47.5 Å². The molecule has 0 N–H and O–H groups in total. The highest BCUT2D eigenvalue weighted by molar-refractivity contribution is 7.19. The fraction of sp³-hybridized carbons (Fsp3) is 0. The van der Waals surface area contributed by atoms with Gasteiger partial charge in [0.2, 0.25) is 5.13 Å². The van der Waals surface area contributed by atoms with Crippen LogP contribution in [0.25, 0.3) is 43.5 Å². The Labute approximate surface area is 232 Å². The van der Waals surface area contributed by atoms with Crippen molar-refractivity contribution in [2.24, 2.45) is 4.99 Å². The summed E-state index contributed by atoms with van der Waals surface area (Å²) in [4.78, 5) is 12.3. The van der Waals surface area contributed by atoms with Gasteiger partial charge in [-0.1, -0.05) is 119 Å². The summed E-state index contributed by atoms with van der Waals surface area (Å²) >= 11 is 15.3. The predicted octanol–water partition coefficient (Wildman–Crippen LogP) is 10.0. The van der Waals surface area contributed by atoms with E-state index in [0.29, 0.717) is 20.0 Å². The van der Waals surface area contributed by atoms with Crippen molar-refractivity contribution in [2.45, 2.75) is 0 Å². The van der Waals surface area contributed by atoms with Crippen LogP contribution in [0, 0.1) is 0 Å². The monoisotopic (exact) mass is 556 g/mol. The minimum absolute atomic E-state index is 0.528. The van der Waals surface area contributed by atoms with Gasteiger partial charge in [0.1, 0.15) is 0 Å². The Balaban J connectivity index is 1.51. The van der Waals surface area contributed by atoms with Crippen molar-refractivity contribution in [3.05, 3.63) is 124 Å². The van der Waals surface area contributed by atoms with Crippen molar-refractivity contribution in [1.82, 2.24) is 4.98 Å². The van der Waals surface area contributed by atoms with Gasteiger partial charge in [-0.3, -0.25) is 0 Å². The van der Waals surface area contributed by atoms with Gasteiger partial charge in [-0.25, -0.2) is 4.98 Å². The second-order valence-electron chi connectivity index (χ2n) is 8.16. The van der Waals surface area contributed by atoms with Crippen LogP contribution in [-0.4, -0.2) is 4.98 Å². The lowest BCUT2D eigenvalue weighted by Gasteiger charge is -2.02. The third kappa shape index (κ3) is 5.17. The van der Waals surface area contributed by atoms with Crippen molar-refractivity contribution in [3.63, 3.8) is 0 Å². The first-order chi connectivity index (χ1) is 18.1. The summed E-state index contributed by atoms with van der Waals surface area (Å²) in [6.45, 7) is 0. The number of aromatic nitrogens is 1. The lowest BCUT2D eigenvalue weighted by atomic mass is 10.1. The van der Waals surface area contributed by atoms with Crippen LogP contribution in [0.3, 0.4) is 0 Å². The maximum absolute atomic E-state index is 6.33. The molecule has 0 bridgehead atoms. The van der Waals surface area contributed by atoms with E-state index in [1.54, 1.807) is 0 Å². The van der Waals surface area contributed by atoms with E-state index in [9.17, 15) is 0 Å². The molecule has 0 spiro atoms. The van der Waals surface area contributed by atoms with Crippen LogP contribution in [0.2, 0.25) is 10.0 Å². The van der Waals surface area contributed by atoms with E-state index in [-0.39, 0.29) is 0 Å². The first-order valence-corrected chi connectivity index (χ1v) is 13.9. The Morgan fingerprint density at radius 3 is 1.70 bits per heavy atom. The first-order valence-electron chi connectivity index (χ1n) is 11.5. The Bertz CT molecular complexity index is 1720.